The maximum Gasteiger partial charge on any atom is 0.435 e. The van der Waals surface area contributed by atoms with Crippen molar-refractivity contribution >= 4 is 17.8 Å². The van der Waals surface area contributed by atoms with E-state index in [-0.39, 0.29) is 11.8 Å². The van der Waals surface area contributed by atoms with Crippen LogP contribution in [0.2, 0.25) is 0 Å². The van der Waals surface area contributed by atoms with Crippen molar-refractivity contribution in [3.8, 4) is 6.07 Å². The molecule has 0 radical (unpaired) electrons. The predicted octanol–water partition coefficient (Wildman–Crippen LogP) is 5.18. The highest BCUT2D eigenvalue weighted by molar-refractivity contribution is 5.95. The Labute approximate surface area is 183 Å². The third-order valence-corrected chi connectivity index (χ3v) is 5.45. The van der Waals surface area contributed by atoms with Crippen molar-refractivity contribution in [1.82, 2.24) is 9.78 Å². The molecule has 31 heavy (non-hydrogen) atoms. The van der Waals surface area contributed by atoms with Crippen molar-refractivity contribution in [2.45, 2.75) is 71.3 Å². The summed E-state index contributed by atoms with van der Waals surface area (Å²) >= 11 is 0. The van der Waals surface area contributed by atoms with Crippen molar-refractivity contribution in [2.75, 3.05) is 5.32 Å². The van der Waals surface area contributed by atoms with Crippen LogP contribution in [0.5, 0.6) is 0 Å². The molecule has 2 aromatic rings. The van der Waals surface area contributed by atoms with Crippen LogP contribution >= 0.6 is 0 Å². The van der Waals surface area contributed by atoms with Crippen LogP contribution in [0.1, 0.15) is 82.5 Å². The first-order chi connectivity index (χ1) is 14.6. The molecule has 0 spiro atoms. The van der Waals surface area contributed by atoms with Crippen LogP contribution in [0.3, 0.4) is 0 Å². The third-order valence-electron chi connectivity index (χ3n) is 5.45. The van der Waals surface area contributed by atoms with Gasteiger partial charge in [-0.1, -0.05) is 31.9 Å². The molecule has 0 saturated heterocycles. The summed E-state index contributed by atoms with van der Waals surface area (Å²) in [6, 6.07) is 10.8. The molecule has 0 aliphatic heterocycles. The molecule has 1 aliphatic rings. The summed E-state index contributed by atoms with van der Waals surface area (Å²) in [4.78, 5) is 25.5. The molecule has 3 atom stereocenters. The van der Waals surface area contributed by atoms with E-state index < -0.39 is 17.6 Å². The zero-order valence-electron chi connectivity index (χ0n) is 18.8. The largest absolute Gasteiger partial charge is 0.442 e. The quantitative estimate of drug-likeness (QED) is 0.691. The Morgan fingerprint density at radius 3 is 2.58 bits per heavy atom. The fourth-order valence-electron chi connectivity index (χ4n) is 3.70. The zero-order valence-corrected chi connectivity index (χ0v) is 18.8. The van der Waals surface area contributed by atoms with E-state index in [0.29, 0.717) is 17.3 Å². The molecule has 3 unspecified atom stereocenters. The number of benzene rings is 1. The predicted molar refractivity (Wildman–Crippen MR) is 118 cm³/mol. The molecule has 1 heterocycles. The summed E-state index contributed by atoms with van der Waals surface area (Å²) in [6.45, 7) is 9.38. The van der Waals surface area contributed by atoms with Crippen LogP contribution in [0, 0.1) is 17.2 Å². The van der Waals surface area contributed by atoms with Gasteiger partial charge in [0.2, 0.25) is 5.91 Å². The molecule has 1 saturated carbocycles. The lowest BCUT2D eigenvalue weighted by Gasteiger charge is -2.19. The van der Waals surface area contributed by atoms with Gasteiger partial charge in [0.15, 0.2) is 5.82 Å². The normalized spacial score (nSPS) is 18.7. The van der Waals surface area contributed by atoms with Gasteiger partial charge in [-0.05, 0) is 57.7 Å². The van der Waals surface area contributed by atoms with Gasteiger partial charge in [-0.15, -0.1) is 5.10 Å². The Balaban J connectivity index is 1.79. The van der Waals surface area contributed by atoms with Crippen LogP contribution in [0.15, 0.2) is 30.3 Å². The molecule has 0 bridgehead atoms. The summed E-state index contributed by atoms with van der Waals surface area (Å²) in [5.41, 5.74) is 1.49. The van der Waals surface area contributed by atoms with Gasteiger partial charge in [-0.2, -0.15) is 9.94 Å². The number of carbonyl (C=O) groups excluding carboxylic acids is 2. The zero-order chi connectivity index (χ0) is 22.8. The number of hydrogen-bond donors (Lipinski definition) is 1. The summed E-state index contributed by atoms with van der Waals surface area (Å²) < 4.78 is 6.82. The number of aromatic nitrogens is 2. The lowest BCUT2D eigenvalue weighted by atomic mass is 9.99. The van der Waals surface area contributed by atoms with E-state index in [1.165, 1.54) is 4.68 Å². The van der Waals surface area contributed by atoms with Crippen LogP contribution in [0.4, 0.5) is 10.6 Å². The van der Waals surface area contributed by atoms with Gasteiger partial charge in [-0.25, -0.2) is 4.79 Å². The first-order valence-electron chi connectivity index (χ1n) is 10.8. The van der Waals surface area contributed by atoms with Crippen molar-refractivity contribution in [3.05, 3.63) is 47.2 Å². The van der Waals surface area contributed by atoms with Crippen molar-refractivity contribution in [2.24, 2.45) is 5.92 Å². The second-order valence-corrected chi connectivity index (χ2v) is 9.18. The average molecular weight is 423 g/mol. The number of rotatable bonds is 6. The topological polar surface area (TPSA) is 97.0 Å². The van der Waals surface area contributed by atoms with E-state index >= 15 is 0 Å². The third kappa shape index (κ3) is 5.52. The molecule has 1 amide bonds. The number of anilines is 1. The van der Waals surface area contributed by atoms with Gasteiger partial charge in [0, 0.05) is 12.0 Å². The molecule has 164 valence electrons. The molecule has 1 aromatic carbocycles. The minimum absolute atomic E-state index is 0.231. The number of hydrogen-bond acceptors (Lipinski definition) is 5. The summed E-state index contributed by atoms with van der Waals surface area (Å²) in [6.07, 6.45) is 2.66. The Bertz CT molecular complexity index is 995. The van der Waals surface area contributed by atoms with Crippen LogP contribution < -0.4 is 5.32 Å². The van der Waals surface area contributed by atoms with E-state index in [1.807, 2.05) is 20.8 Å². The maximum atomic E-state index is 12.8. The fraction of sp³-hybridized carbons (Fsp3) is 0.500. The maximum absolute atomic E-state index is 12.8. The minimum Gasteiger partial charge on any atom is -0.442 e. The molecule has 7 nitrogen and oxygen atoms in total. The lowest BCUT2D eigenvalue weighted by Crippen LogP contribution is -2.29. The summed E-state index contributed by atoms with van der Waals surface area (Å²) in [5, 5.41) is 16.1. The average Bonchev–Trinajstić information content (AvgIpc) is 3.35. The number of nitrogens with zero attached hydrogens (tertiary/aromatic N) is 3. The van der Waals surface area contributed by atoms with Gasteiger partial charge >= 0.3 is 6.09 Å². The van der Waals surface area contributed by atoms with Crippen LogP contribution in [0.25, 0.3) is 0 Å². The number of nitriles is 1. The fourth-order valence-corrected chi connectivity index (χ4v) is 3.70. The number of carbonyl (C=O) groups is 2. The van der Waals surface area contributed by atoms with Gasteiger partial charge in [0.25, 0.3) is 0 Å². The van der Waals surface area contributed by atoms with E-state index in [9.17, 15) is 9.59 Å². The smallest absolute Gasteiger partial charge is 0.435 e. The van der Waals surface area contributed by atoms with Gasteiger partial charge < -0.3 is 10.1 Å². The first kappa shape index (κ1) is 22.5. The number of nitrogens with one attached hydrogen (secondary N) is 1. The Kier molecular flexibility index (Phi) is 6.49. The molecule has 1 N–H and O–H groups in total. The molecule has 1 fully saturated rings. The molecular weight excluding hydrogens is 392 g/mol. The van der Waals surface area contributed by atoms with Crippen molar-refractivity contribution in [3.63, 3.8) is 0 Å². The summed E-state index contributed by atoms with van der Waals surface area (Å²) in [7, 11) is 0. The van der Waals surface area contributed by atoms with Crippen molar-refractivity contribution in [1.29, 1.82) is 5.26 Å². The highest BCUT2D eigenvalue weighted by Gasteiger charge is 2.41. The van der Waals surface area contributed by atoms with E-state index in [4.69, 9.17) is 10.00 Å². The highest BCUT2D eigenvalue weighted by atomic mass is 16.6. The Morgan fingerprint density at radius 1 is 1.32 bits per heavy atom. The Morgan fingerprint density at radius 2 is 2.00 bits per heavy atom. The van der Waals surface area contributed by atoms with Crippen LogP contribution in [-0.2, 0) is 9.53 Å². The number of ether oxygens (including phenoxy) is 1. The molecule has 1 aliphatic carbocycles. The minimum atomic E-state index is -0.639. The number of amides is 1. The van der Waals surface area contributed by atoms with E-state index in [2.05, 4.69) is 23.4 Å². The van der Waals surface area contributed by atoms with Crippen molar-refractivity contribution < 1.29 is 14.3 Å². The van der Waals surface area contributed by atoms with Gasteiger partial charge in [0.1, 0.15) is 5.60 Å². The molecule has 1 aromatic heterocycles. The standard InChI is InChI=1S/C24H30N4O3/c1-6-7-18-12-19(18)20-13-21(27-28(20)23(30)31-24(3,4)5)26-22(29)15(2)17-10-8-16(14-25)9-11-17/h8-11,13,15,18-19H,6-7,12H2,1-5H3,(H,26,27,29). The molecule has 7 heteroatoms. The van der Waals surface area contributed by atoms with Gasteiger partial charge in [-0.3, -0.25) is 4.79 Å². The first-order valence-corrected chi connectivity index (χ1v) is 10.8. The second kappa shape index (κ2) is 8.93. The van der Waals surface area contributed by atoms with E-state index in [1.54, 1.807) is 37.3 Å². The van der Waals surface area contributed by atoms with Gasteiger partial charge in [0.05, 0.1) is 23.2 Å². The highest BCUT2D eigenvalue weighted by Crippen LogP contribution is 2.50. The second-order valence-electron chi connectivity index (χ2n) is 9.18. The molecule has 3 rings (SSSR count). The lowest BCUT2D eigenvalue weighted by molar-refractivity contribution is -0.117. The molecular formula is C24H30N4O3. The Hall–Kier alpha value is -3.14. The van der Waals surface area contributed by atoms with Crippen LogP contribution in [-0.4, -0.2) is 27.4 Å². The monoisotopic (exact) mass is 422 g/mol. The van der Waals surface area contributed by atoms with E-state index in [0.717, 1.165) is 30.5 Å². The summed E-state index contributed by atoms with van der Waals surface area (Å²) in [5.74, 6) is 0.460. The SMILES string of the molecule is CCCC1CC1c1cc(NC(=O)C(C)c2ccc(C#N)cc2)nn1C(=O)OC(C)(C)C.